The minimum Gasteiger partial charge on any atom is -0.497 e. The highest BCUT2D eigenvalue weighted by molar-refractivity contribution is 7.92. The normalized spacial score (nSPS) is 10.5. The molecule has 0 aliphatic carbocycles. The molecule has 0 bridgehead atoms. The van der Waals surface area contributed by atoms with Crippen LogP contribution >= 0.6 is 0 Å². The molecule has 156 valence electrons. The van der Waals surface area contributed by atoms with E-state index in [9.17, 15) is 13.2 Å². The lowest BCUT2D eigenvalue weighted by Crippen LogP contribution is -2.33. The summed E-state index contributed by atoms with van der Waals surface area (Å²) in [7, 11) is -2.42. The molecule has 1 N–H and O–H groups in total. The molecule has 0 saturated heterocycles. The van der Waals surface area contributed by atoms with Crippen LogP contribution in [-0.4, -0.2) is 39.4 Å². The summed E-state index contributed by atoms with van der Waals surface area (Å²) in [5, 5.41) is 17.6. The fraction of sp³-hybridized carbons (Fsp3) is 0.286. The number of carbonyl (C=O) groups is 1. The summed E-state index contributed by atoms with van der Waals surface area (Å²) < 4.78 is 33.1. The van der Waals surface area contributed by atoms with Crippen LogP contribution in [-0.2, 0) is 10.0 Å². The van der Waals surface area contributed by atoms with E-state index >= 15 is 0 Å². The van der Waals surface area contributed by atoms with E-state index in [1.54, 1.807) is 37.3 Å². The molecule has 2 aromatic carbocycles. The highest BCUT2D eigenvalue weighted by Gasteiger charge is 2.21. The van der Waals surface area contributed by atoms with Crippen LogP contribution < -0.4 is 9.46 Å². The number of hydrogen-bond acceptors (Lipinski definition) is 6. The van der Waals surface area contributed by atoms with Crippen molar-refractivity contribution >= 4 is 21.6 Å². The Morgan fingerprint density at radius 2 is 1.67 bits per heavy atom. The number of benzene rings is 2. The summed E-state index contributed by atoms with van der Waals surface area (Å²) in [6.45, 7) is 2.03. The molecule has 1 amide bonds. The first-order valence-electron chi connectivity index (χ1n) is 9.13. The Hall–Kier alpha value is -3.56. The van der Waals surface area contributed by atoms with Crippen LogP contribution in [0.3, 0.4) is 0 Å². The molecule has 30 heavy (non-hydrogen) atoms. The molecule has 2 aromatic rings. The lowest BCUT2D eigenvalue weighted by molar-refractivity contribution is 0.0761. The number of nitrogens with one attached hydrogen (secondary N) is 1. The van der Waals surface area contributed by atoms with Gasteiger partial charge in [0, 0.05) is 24.3 Å². The number of anilines is 1. The predicted molar refractivity (Wildman–Crippen MR) is 111 cm³/mol. The summed E-state index contributed by atoms with van der Waals surface area (Å²) >= 11 is 0. The number of nitriles is 2. The molecule has 0 atom stereocenters. The molecule has 0 heterocycles. The number of rotatable bonds is 9. The fourth-order valence-corrected chi connectivity index (χ4v) is 3.81. The SMILES string of the molecule is COc1ccc(NS(=O)(=O)c2ccc(C)c(C(=O)N(CCC#N)CCC#N)c2)cc1. The quantitative estimate of drug-likeness (QED) is 0.657. The number of sulfonamides is 1. The maximum Gasteiger partial charge on any atom is 0.261 e. The molecule has 0 spiro atoms. The predicted octanol–water partition coefficient (Wildman–Crippen LogP) is 3.07. The van der Waals surface area contributed by atoms with Crippen molar-refractivity contribution in [3.63, 3.8) is 0 Å². The molecule has 0 unspecified atom stereocenters. The van der Waals surface area contributed by atoms with Crippen LogP contribution in [0.15, 0.2) is 47.4 Å². The van der Waals surface area contributed by atoms with Crippen molar-refractivity contribution in [3.8, 4) is 17.9 Å². The van der Waals surface area contributed by atoms with E-state index < -0.39 is 15.9 Å². The first kappa shape index (κ1) is 22.7. The van der Waals surface area contributed by atoms with Gasteiger partial charge in [-0.3, -0.25) is 9.52 Å². The van der Waals surface area contributed by atoms with Gasteiger partial charge in [0.25, 0.3) is 15.9 Å². The van der Waals surface area contributed by atoms with Crippen LogP contribution in [0.4, 0.5) is 5.69 Å². The third kappa shape index (κ3) is 5.72. The lowest BCUT2D eigenvalue weighted by atomic mass is 10.1. The van der Waals surface area contributed by atoms with Crippen molar-refractivity contribution in [1.29, 1.82) is 10.5 Å². The van der Waals surface area contributed by atoms with Gasteiger partial charge in [-0.25, -0.2) is 8.42 Å². The van der Waals surface area contributed by atoms with Gasteiger partial charge in [-0.05, 0) is 48.9 Å². The largest absolute Gasteiger partial charge is 0.497 e. The Kier molecular flexibility index (Phi) is 7.79. The Morgan fingerprint density at radius 1 is 1.07 bits per heavy atom. The van der Waals surface area contributed by atoms with E-state index in [0.29, 0.717) is 17.0 Å². The Labute approximate surface area is 176 Å². The smallest absolute Gasteiger partial charge is 0.261 e. The standard InChI is InChI=1S/C21H22N4O4S/c1-16-5-10-19(30(27,28)24-17-6-8-18(29-2)9-7-17)15-20(16)21(26)25(13-3-11-22)14-4-12-23/h5-10,15,24H,3-4,13-14H2,1-2H3. The van der Waals surface area contributed by atoms with Crippen LogP contribution in [0.25, 0.3) is 0 Å². The minimum atomic E-state index is -3.93. The molecule has 0 aromatic heterocycles. The van der Waals surface area contributed by atoms with Gasteiger partial charge in [0.1, 0.15) is 5.75 Å². The number of carbonyl (C=O) groups excluding carboxylic acids is 1. The van der Waals surface area contributed by atoms with Crippen LogP contribution in [0.1, 0.15) is 28.8 Å². The van der Waals surface area contributed by atoms with Gasteiger partial charge >= 0.3 is 0 Å². The first-order chi connectivity index (χ1) is 14.3. The van der Waals surface area contributed by atoms with Gasteiger partial charge in [0.05, 0.1) is 37.0 Å². The molecular formula is C21H22N4O4S. The monoisotopic (exact) mass is 426 g/mol. The number of amides is 1. The summed E-state index contributed by atoms with van der Waals surface area (Å²) in [5.41, 5.74) is 1.17. The first-order valence-corrected chi connectivity index (χ1v) is 10.6. The third-order valence-electron chi connectivity index (χ3n) is 4.37. The van der Waals surface area contributed by atoms with E-state index in [1.807, 2.05) is 12.1 Å². The summed E-state index contributed by atoms with van der Waals surface area (Å²) in [6, 6.07) is 14.6. The van der Waals surface area contributed by atoms with E-state index in [2.05, 4.69) is 4.72 Å². The molecule has 0 radical (unpaired) electrons. The van der Waals surface area contributed by atoms with E-state index in [-0.39, 0.29) is 36.4 Å². The van der Waals surface area contributed by atoms with Crippen molar-refractivity contribution in [3.05, 3.63) is 53.6 Å². The van der Waals surface area contributed by atoms with Crippen molar-refractivity contribution in [2.24, 2.45) is 0 Å². The van der Waals surface area contributed by atoms with Crippen molar-refractivity contribution in [2.75, 3.05) is 24.9 Å². The van der Waals surface area contributed by atoms with Crippen LogP contribution in [0.2, 0.25) is 0 Å². The van der Waals surface area contributed by atoms with Crippen molar-refractivity contribution in [2.45, 2.75) is 24.7 Å². The summed E-state index contributed by atoms with van der Waals surface area (Å²) in [5.74, 6) is 0.176. The molecule has 0 aliphatic rings. The van der Waals surface area contributed by atoms with Gasteiger partial charge in [-0.1, -0.05) is 6.07 Å². The van der Waals surface area contributed by atoms with Crippen molar-refractivity contribution < 1.29 is 17.9 Å². The summed E-state index contributed by atoms with van der Waals surface area (Å²) in [6.07, 6.45) is 0.237. The second-order valence-electron chi connectivity index (χ2n) is 6.42. The molecule has 0 saturated carbocycles. The van der Waals surface area contributed by atoms with Crippen molar-refractivity contribution in [1.82, 2.24) is 4.90 Å². The maximum absolute atomic E-state index is 13.0. The topological polar surface area (TPSA) is 123 Å². The third-order valence-corrected chi connectivity index (χ3v) is 5.75. The zero-order chi connectivity index (χ0) is 22.1. The van der Waals surface area contributed by atoms with E-state index in [4.69, 9.17) is 15.3 Å². The average Bonchev–Trinajstić information content (AvgIpc) is 2.74. The number of methoxy groups -OCH3 is 1. The van der Waals surface area contributed by atoms with Gasteiger partial charge in [-0.15, -0.1) is 0 Å². The number of hydrogen-bond donors (Lipinski definition) is 1. The van der Waals surface area contributed by atoms with Crippen LogP contribution in [0, 0.1) is 29.6 Å². The molecule has 0 aliphatic heterocycles. The number of nitrogens with zero attached hydrogens (tertiary/aromatic N) is 3. The zero-order valence-corrected chi connectivity index (χ0v) is 17.6. The Balaban J connectivity index is 2.32. The Morgan fingerprint density at radius 3 is 2.20 bits per heavy atom. The highest BCUT2D eigenvalue weighted by atomic mass is 32.2. The van der Waals surface area contributed by atoms with Gasteiger partial charge < -0.3 is 9.64 Å². The molecule has 0 fully saturated rings. The highest BCUT2D eigenvalue weighted by Crippen LogP contribution is 2.22. The minimum absolute atomic E-state index is 0.0622. The maximum atomic E-state index is 13.0. The second-order valence-corrected chi connectivity index (χ2v) is 8.10. The van der Waals surface area contributed by atoms with E-state index in [0.717, 1.165) is 0 Å². The lowest BCUT2D eigenvalue weighted by Gasteiger charge is -2.22. The van der Waals surface area contributed by atoms with E-state index in [1.165, 1.54) is 24.1 Å². The van der Waals surface area contributed by atoms with Gasteiger partial charge in [0.2, 0.25) is 0 Å². The second kappa shape index (κ2) is 10.3. The van der Waals surface area contributed by atoms with Crippen LogP contribution in [0.5, 0.6) is 5.75 Å². The Bertz CT molecular complexity index is 1070. The fourth-order valence-electron chi connectivity index (χ4n) is 2.73. The molecular weight excluding hydrogens is 404 g/mol. The van der Waals surface area contributed by atoms with Gasteiger partial charge in [0.15, 0.2) is 0 Å². The van der Waals surface area contributed by atoms with Gasteiger partial charge in [-0.2, -0.15) is 10.5 Å². The zero-order valence-electron chi connectivity index (χ0n) is 16.8. The molecule has 2 rings (SSSR count). The number of aryl methyl sites for hydroxylation is 1. The molecule has 9 heteroatoms. The summed E-state index contributed by atoms with van der Waals surface area (Å²) in [4.78, 5) is 14.3. The number of ether oxygens (including phenoxy) is 1. The molecule has 8 nitrogen and oxygen atoms in total. The average molecular weight is 426 g/mol.